The van der Waals surface area contributed by atoms with Gasteiger partial charge in [0.2, 0.25) is 11.9 Å². The van der Waals surface area contributed by atoms with E-state index >= 15 is 0 Å². The number of pyridine rings is 1. The fraction of sp³-hybridized carbons (Fsp3) is 0.545. The first-order valence-electron chi connectivity index (χ1n) is 15.3. The second-order valence-electron chi connectivity index (χ2n) is 14.1. The zero-order chi connectivity index (χ0) is 32.6. The number of hydrogen-bond acceptors (Lipinski definition) is 13. The number of fused-ring (bicyclic) bond motifs is 1. The van der Waals surface area contributed by atoms with Crippen molar-refractivity contribution in [3.05, 3.63) is 66.0 Å². The zero-order valence-corrected chi connectivity index (χ0v) is 25.4. The standard InChI is InChI=1S/C33H33NO12/c1-15-24(36)43-22-20(35)31-21-18(42-25(37)16-10-6-5-7-11-16)19(29(2,3)4)30(31)23(41-14-17-12-8-9-13-34-17)26(38)45-28(30)46-33(31,27(39)44-21)32(15,22)40/h5-13,15,18-23,28,35,40H,14H2,1-4H3/t15-,18-,19+,20+,21?,22?,23+,28?,30?,31?,32-,33?/m1/s1. The summed E-state index contributed by atoms with van der Waals surface area (Å²) in [5.41, 5.74) is -8.92. The fourth-order valence-corrected chi connectivity index (χ4v) is 9.95. The van der Waals surface area contributed by atoms with Gasteiger partial charge in [0.25, 0.3) is 0 Å². The highest BCUT2D eigenvalue weighted by Crippen LogP contribution is 2.85. The molecular weight excluding hydrogens is 602 g/mol. The van der Waals surface area contributed by atoms with Gasteiger partial charge in [-0.1, -0.05) is 45.0 Å². The van der Waals surface area contributed by atoms with Gasteiger partial charge >= 0.3 is 23.9 Å². The average Bonchev–Trinajstić information content (AvgIpc) is 3.73. The normalized spacial score (nSPS) is 44.6. The summed E-state index contributed by atoms with van der Waals surface area (Å²) in [7, 11) is 0. The minimum atomic E-state index is -2.46. The third-order valence-corrected chi connectivity index (χ3v) is 11.3. The number of carbonyl (C=O) groups excluding carboxylic acids is 4. The molecule has 8 rings (SSSR count). The van der Waals surface area contributed by atoms with Gasteiger partial charge in [-0.2, -0.15) is 0 Å². The molecule has 2 N–H and O–H groups in total. The van der Waals surface area contributed by atoms with Crippen molar-refractivity contribution >= 4 is 23.9 Å². The number of hydrogen-bond donors (Lipinski definition) is 2. The molecule has 2 spiro atoms. The van der Waals surface area contributed by atoms with Crippen LogP contribution in [0, 0.1) is 28.1 Å². The van der Waals surface area contributed by atoms with E-state index in [9.17, 15) is 29.4 Å². The van der Waals surface area contributed by atoms with Gasteiger partial charge in [-0.3, -0.25) is 9.78 Å². The van der Waals surface area contributed by atoms with Crippen LogP contribution >= 0.6 is 0 Å². The Morgan fingerprint density at radius 3 is 2.37 bits per heavy atom. The Labute approximate surface area is 263 Å². The molecular formula is C33H33NO12. The lowest BCUT2D eigenvalue weighted by molar-refractivity contribution is -0.240. The van der Waals surface area contributed by atoms with E-state index in [4.69, 9.17) is 28.4 Å². The van der Waals surface area contributed by atoms with E-state index in [2.05, 4.69) is 4.98 Å². The summed E-state index contributed by atoms with van der Waals surface area (Å²) in [4.78, 5) is 59.2. The Kier molecular flexibility index (Phi) is 5.85. The molecule has 0 amide bonds. The van der Waals surface area contributed by atoms with E-state index in [1.165, 1.54) is 6.92 Å². The topological polar surface area (TPSA) is 177 Å². The quantitative estimate of drug-likeness (QED) is 0.353. The average molecular weight is 636 g/mol. The maximum atomic E-state index is 14.3. The van der Waals surface area contributed by atoms with E-state index < -0.39 is 100.0 Å². The molecule has 0 bridgehead atoms. The summed E-state index contributed by atoms with van der Waals surface area (Å²) < 4.78 is 36.6. The molecule has 2 saturated carbocycles. The third kappa shape index (κ3) is 2.99. The lowest BCUT2D eigenvalue weighted by atomic mass is 9.51. The minimum absolute atomic E-state index is 0.169. The van der Waals surface area contributed by atoms with Crippen LogP contribution in [0.25, 0.3) is 0 Å². The summed E-state index contributed by atoms with van der Waals surface area (Å²) >= 11 is 0. The molecule has 0 radical (unpaired) electrons. The second kappa shape index (κ2) is 9.12. The second-order valence-corrected chi connectivity index (χ2v) is 14.1. The SMILES string of the molecule is C[C@@H]1C(=O)OC2[C@H](O)C34C5OC(=O)C3(OC3OC(=O)[C@H](OCc6ccccn6)C34[C@H](C(C)(C)C)[C@H]5OC(=O)c3ccccc3)[C@]21O. The number of aliphatic hydroxyl groups is 2. The summed E-state index contributed by atoms with van der Waals surface area (Å²) in [6.45, 7) is 6.76. The lowest BCUT2D eigenvalue weighted by Crippen LogP contribution is -2.67. The van der Waals surface area contributed by atoms with E-state index in [0.29, 0.717) is 5.69 Å². The van der Waals surface area contributed by atoms with Gasteiger partial charge in [-0.25, -0.2) is 14.4 Å². The van der Waals surface area contributed by atoms with Crippen LogP contribution in [0.1, 0.15) is 43.7 Å². The highest BCUT2D eigenvalue weighted by molar-refractivity contribution is 5.95. The van der Waals surface area contributed by atoms with E-state index in [1.54, 1.807) is 54.7 Å². The number of carbonyl (C=O) groups is 4. The fourth-order valence-electron chi connectivity index (χ4n) is 9.95. The molecule has 46 heavy (non-hydrogen) atoms. The summed E-state index contributed by atoms with van der Waals surface area (Å²) in [5, 5.41) is 25.0. The molecule has 242 valence electrons. The zero-order valence-electron chi connectivity index (χ0n) is 25.4. The van der Waals surface area contributed by atoms with Gasteiger partial charge in [0.1, 0.15) is 12.2 Å². The van der Waals surface area contributed by atoms with Crippen LogP contribution in [0.5, 0.6) is 0 Å². The van der Waals surface area contributed by atoms with E-state index in [1.807, 2.05) is 20.8 Å². The van der Waals surface area contributed by atoms with Crippen LogP contribution < -0.4 is 0 Å². The number of ether oxygens (including phenoxy) is 6. The molecule has 4 saturated heterocycles. The summed E-state index contributed by atoms with van der Waals surface area (Å²) in [6, 6.07) is 13.4. The molecule has 2 aromatic rings. The summed E-state index contributed by atoms with van der Waals surface area (Å²) in [5.74, 6) is -5.81. The molecule has 13 nitrogen and oxygen atoms in total. The van der Waals surface area contributed by atoms with Crippen molar-refractivity contribution in [1.29, 1.82) is 0 Å². The van der Waals surface area contributed by atoms with E-state index in [0.717, 1.165) is 0 Å². The largest absolute Gasteiger partial charge is 0.456 e. The number of aliphatic hydroxyl groups excluding tert-OH is 1. The smallest absolute Gasteiger partial charge is 0.343 e. The van der Waals surface area contributed by atoms with Gasteiger partial charge in [0.05, 0.1) is 34.6 Å². The number of nitrogens with zero attached hydrogens (tertiary/aromatic N) is 1. The van der Waals surface area contributed by atoms with Crippen LogP contribution in [0.4, 0.5) is 0 Å². The van der Waals surface area contributed by atoms with Crippen LogP contribution in [0.2, 0.25) is 0 Å². The molecule has 6 unspecified atom stereocenters. The van der Waals surface area contributed by atoms with Crippen LogP contribution in [-0.2, 0) is 49.4 Å². The number of esters is 4. The van der Waals surface area contributed by atoms with Crippen molar-refractivity contribution in [2.24, 2.45) is 28.1 Å². The van der Waals surface area contributed by atoms with Crippen molar-refractivity contribution in [2.75, 3.05) is 0 Å². The Morgan fingerprint density at radius 1 is 0.978 bits per heavy atom. The first-order valence-corrected chi connectivity index (χ1v) is 15.3. The van der Waals surface area contributed by atoms with Gasteiger partial charge in [-0.05, 0) is 36.6 Å². The van der Waals surface area contributed by atoms with Crippen molar-refractivity contribution in [3.63, 3.8) is 0 Å². The highest BCUT2D eigenvalue weighted by Gasteiger charge is 3.05. The molecule has 2 aliphatic carbocycles. The molecule has 13 heteroatoms. The molecule has 6 fully saturated rings. The van der Waals surface area contributed by atoms with Gasteiger partial charge in [0, 0.05) is 12.1 Å². The van der Waals surface area contributed by atoms with Gasteiger partial charge in [-0.15, -0.1) is 0 Å². The maximum Gasteiger partial charge on any atom is 0.343 e. The van der Waals surface area contributed by atoms with Crippen molar-refractivity contribution < 1.29 is 57.8 Å². The highest BCUT2D eigenvalue weighted by atomic mass is 16.8. The van der Waals surface area contributed by atoms with Crippen LogP contribution in [0.3, 0.4) is 0 Å². The van der Waals surface area contributed by atoms with Crippen LogP contribution in [0.15, 0.2) is 54.7 Å². The summed E-state index contributed by atoms with van der Waals surface area (Å²) in [6.07, 6.45) is -7.76. The predicted octanol–water partition coefficient (Wildman–Crippen LogP) is 1.09. The van der Waals surface area contributed by atoms with Crippen LogP contribution in [-0.4, -0.2) is 87.1 Å². The molecule has 1 aromatic heterocycles. The first-order chi connectivity index (χ1) is 21.8. The molecule has 6 aliphatic rings. The van der Waals surface area contributed by atoms with Crippen molar-refractivity contribution in [1.82, 2.24) is 4.98 Å². The lowest BCUT2D eigenvalue weighted by Gasteiger charge is -2.48. The third-order valence-electron chi connectivity index (χ3n) is 11.3. The van der Waals surface area contributed by atoms with E-state index in [-0.39, 0.29) is 12.2 Å². The number of benzene rings is 1. The monoisotopic (exact) mass is 635 g/mol. The van der Waals surface area contributed by atoms with Crippen molar-refractivity contribution in [3.8, 4) is 0 Å². The Morgan fingerprint density at radius 2 is 1.70 bits per heavy atom. The van der Waals surface area contributed by atoms with Gasteiger partial charge in [0.15, 0.2) is 23.9 Å². The molecule has 12 atom stereocenters. The molecule has 4 aliphatic heterocycles. The predicted molar refractivity (Wildman–Crippen MR) is 150 cm³/mol. The van der Waals surface area contributed by atoms with Crippen molar-refractivity contribution in [2.45, 2.75) is 82.3 Å². The Hall–Kier alpha value is -3.91. The first kappa shape index (κ1) is 29.5. The number of aromatic nitrogens is 1. The molecule has 5 heterocycles. The maximum absolute atomic E-state index is 14.3. The minimum Gasteiger partial charge on any atom is -0.456 e. The Balaban J connectivity index is 1.38. The molecule has 1 aromatic carbocycles. The number of rotatable bonds is 5. The van der Waals surface area contributed by atoms with Gasteiger partial charge < -0.3 is 38.6 Å². The Bertz CT molecular complexity index is 1660.